The van der Waals surface area contributed by atoms with Crippen LogP contribution in [0.4, 0.5) is 5.69 Å². The lowest BCUT2D eigenvalue weighted by Crippen LogP contribution is -2.36. The first-order valence-electron chi connectivity index (χ1n) is 7.27. The molecule has 112 valence electrons. The number of anilines is 1. The maximum atomic E-state index is 11.9. The highest BCUT2D eigenvalue weighted by atomic mass is 16.5. The van der Waals surface area contributed by atoms with Crippen LogP contribution in [0.2, 0.25) is 0 Å². The fraction of sp³-hybridized carbons (Fsp3) is 0.467. The number of pyridine rings is 1. The zero-order valence-corrected chi connectivity index (χ0v) is 12.1. The molecule has 2 aromatic rings. The first kappa shape index (κ1) is 13.9. The third kappa shape index (κ3) is 2.71. The van der Waals surface area contributed by atoms with Gasteiger partial charge in [-0.1, -0.05) is 6.42 Å². The van der Waals surface area contributed by atoms with Gasteiger partial charge < -0.3 is 20.2 Å². The van der Waals surface area contributed by atoms with E-state index in [-0.39, 0.29) is 0 Å². The van der Waals surface area contributed by atoms with Crippen LogP contribution < -0.4 is 11.1 Å². The van der Waals surface area contributed by atoms with Crippen molar-refractivity contribution in [3.63, 3.8) is 0 Å². The predicted molar refractivity (Wildman–Crippen MR) is 80.3 cm³/mol. The van der Waals surface area contributed by atoms with Gasteiger partial charge in [0.15, 0.2) is 5.69 Å². The SMILES string of the molecule is COC(=O)c1nc(CC2CCCCN2)n2ccc(N)cc12. The van der Waals surface area contributed by atoms with Crippen LogP contribution in [0.1, 0.15) is 35.6 Å². The second-order valence-corrected chi connectivity index (χ2v) is 5.43. The molecule has 6 heteroatoms. The Bertz CT molecular complexity index is 659. The van der Waals surface area contributed by atoms with Gasteiger partial charge in [0.25, 0.3) is 0 Å². The highest BCUT2D eigenvalue weighted by molar-refractivity contribution is 5.95. The van der Waals surface area contributed by atoms with Crippen LogP contribution in [-0.2, 0) is 11.2 Å². The summed E-state index contributed by atoms with van der Waals surface area (Å²) in [7, 11) is 1.36. The number of hydrogen-bond donors (Lipinski definition) is 2. The number of carbonyl (C=O) groups excluding carboxylic acids is 1. The van der Waals surface area contributed by atoms with Crippen molar-refractivity contribution in [3.8, 4) is 0 Å². The largest absolute Gasteiger partial charge is 0.464 e. The summed E-state index contributed by atoms with van der Waals surface area (Å²) in [5.74, 6) is 0.436. The lowest BCUT2D eigenvalue weighted by Gasteiger charge is -2.22. The molecule has 1 aliphatic rings. The molecule has 0 amide bonds. The minimum Gasteiger partial charge on any atom is -0.464 e. The second kappa shape index (κ2) is 5.73. The van der Waals surface area contributed by atoms with Gasteiger partial charge >= 0.3 is 5.97 Å². The molecule has 1 fully saturated rings. The molecule has 0 bridgehead atoms. The lowest BCUT2D eigenvalue weighted by atomic mass is 10.0. The van der Waals surface area contributed by atoms with Crippen molar-refractivity contribution in [2.45, 2.75) is 31.7 Å². The molecule has 0 aromatic carbocycles. The molecule has 0 aliphatic carbocycles. The van der Waals surface area contributed by atoms with E-state index in [1.54, 1.807) is 6.07 Å². The molecule has 1 saturated heterocycles. The number of nitrogens with one attached hydrogen (secondary N) is 1. The average molecular weight is 288 g/mol. The number of fused-ring (bicyclic) bond motifs is 1. The minimum absolute atomic E-state index is 0.329. The van der Waals surface area contributed by atoms with E-state index in [1.165, 1.54) is 20.0 Å². The number of piperidine rings is 1. The van der Waals surface area contributed by atoms with Crippen LogP contribution in [0, 0.1) is 0 Å². The maximum Gasteiger partial charge on any atom is 0.358 e. The van der Waals surface area contributed by atoms with Crippen molar-refractivity contribution in [2.75, 3.05) is 19.4 Å². The van der Waals surface area contributed by atoms with Gasteiger partial charge in [-0.3, -0.25) is 0 Å². The number of imidazole rings is 1. The van der Waals surface area contributed by atoms with Crippen molar-refractivity contribution < 1.29 is 9.53 Å². The summed E-state index contributed by atoms with van der Waals surface area (Å²) < 4.78 is 6.75. The Morgan fingerprint density at radius 3 is 3.14 bits per heavy atom. The Morgan fingerprint density at radius 2 is 2.43 bits per heavy atom. The second-order valence-electron chi connectivity index (χ2n) is 5.43. The van der Waals surface area contributed by atoms with Gasteiger partial charge in [-0.25, -0.2) is 9.78 Å². The van der Waals surface area contributed by atoms with Gasteiger partial charge in [0.2, 0.25) is 0 Å². The maximum absolute atomic E-state index is 11.9. The topological polar surface area (TPSA) is 81.6 Å². The van der Waals surface area contributed by atoms with Crippen molar-refractivity contribution in [1.82, 2.24) is 14.7 Å². The van der Waals surface area contributed by atoms with E-state index < -0.39 is 5.97 Å². The van der Waals surface area contributed by atoms with Gasteiger partial charge in [-0.2, -0.15) is 0 Å². The van der Waals surface area contributed by atoms with E-state index >= 15 is 0 Å². The number of nitrogens with two attached hydrogens (primary N) is 1. The molecule has 1 unspecified atom stereocenters. The van der Waals surface area contributed by atoms with Gasteiger partial charge in [0.1, 0.15) is 5.82 Å². The number of rotatable bonds is 3. The van der Waals surface area contributed by atoms with Crippen molar-refractivity contribution in [1.29, 1.82) is 0 Å². The summed E-state index contributed by atoms with van der Waals surface area (Å²) >= 11 is 0. The molecular formula is C15H20N4O2. The number of aromatic nitrogens is 2. The molecule has 3 N–H and O–H groups in total. The zero-order valence-electron chi connectivity index (χ0n) is 12.1. The average Bonchev–Trinajstić information content (AvgIpc) is 2.85. The third-order valence-corrected chi connectivity index (χ3v) is 3.96. The number of nitrogens with zero attached hydrogens (tertiary/aromatic N) is 2. The number of nitrogen functional groups attached to an aromatic ring is 1. The molecule has 0 spiro atoms. The van der Waals surface area contributed by atoms with Crippen LogP contribution in [0.15, 0.2) is 18.3 Å². The van der Waals surface area contributed by atoms with Crippen LogP contribution in [0.5, 0.6) is 0 Å². The van der Waals surface area contributed by atoms with Crippen LogP contribution in [0.3, 0.4) is 0 Å². The Labute approximate surface area is 123 Å². The first-order valence-corrected chi connectivity index (χ1v) is 7.27. The molecule has 21 heavy (non-hydrogen) atoms. The predicted octanol–water partition coefficient (Wildman–Crippen LogP) is 1.39. The molecule has 6 nitrogen and oxygen atoms in total. The summed E-state index contributed by atoms with van der Waals surface area (Å²) in [6.07, 6.45) is 6.25. The van der Waals surface area contributed by atoms with Gasteiger partial charge in [-0.05, 0) is 31.5 Å². The highest BCUT2D eigenvalue weighted by Gasteiger charge is 2.21. The summed E-state index contributed by atoms with van der Waals surface area (Å²) in [5, 5.41) is 3.50. The van der Waals surface area contributed by atoms with Crippen LogP contribution in [0.25, 0.3) is 5.52 Å². The first-order chi connectivity index (χ1) is 10.2. The molecular weight excluding hydrogens is 268 g/mol. The lowest BCUT2D eigenvalue weighted by molar-refractivity contribution is 0.0596. The molecule has 3 rings (SSSR count). The monoisotopic (exact) mass is 288 g/mol. The molecule has 1 atom stereocenters. The summed E-state index contributed by atoms with van der Waals surface area (Å²) in [6, 6.07) is 3.98. The fourth-order valence-electron chi connectivity index (χ4n) is 2.87. The molecule has 0 saturated carbocycles. The Balaban J connectivity index is 1.99. The van der Waals surface area contributed by atoms with Crippen LogP contribution >= 0.6 is 0 Å². The van der Waals surface area contributed by atoms with E-state index in [0.29, 0.717) is 22.9 Å². The normalized spacial score (nSPS) is 18.8. The van der Waals surface area contributed by atoms with E-state index in [2.05, 4.69) is 10.3 Å². The molecule has 3 heterocycles. The summed E-state index contributed by atoms with van der Waals surface area (Å²) in [5.41, 5.74) is 7.46. The van der Waals surface area contributed by atoms with Crippen molar-refractivity contribution in [2.24, 2.45) is 0 Å². The third-order valence-electron chi connectivity index (χ3n) is 3.96. The molecule has 2 aromatic heterocycles. The summed E-state index contributed by atoms with van der Waals surface area (Å²) in [6.45, 7) is 1.05. The number of hydrogen-bond acceptors (Lipinski definition) is 5. The fourth-order valence-corrected chi connectivity index (χ4v) is 2.87. The number of ether oxygens (including phenoxy) is 1. The smallest absolute Gasteiger partial charge is 0.358 e. The van der Waals surface area contributed by atoms with Crippen LogP contribution in [-0.4, -0.2) is 35.1 Å². The molecule has 0 radical (unpaired) electrons. The number of esters is 1. The van der Waals surface area contributed by atoms with E-state index in [9.17, 15) is 4.79 Å². The Hall–Kier alpha value is -2.08. The highest BCUT2D eigenvalue weighted by Crippen LogP contribution is 2.20. The quantitative estimate of drug-likeness (QED) is 0.834. The van der Waals surface area contributed by atoms with Crippen molar-refractivity contribution >= 4 is 17.2 Å². The summed E-state index contributed by atoms with van der Waals surface area (Å²) in [4.78, 5) is 16.4. The minimum atomic E-state index is -0.430. The number of carbonyl (C=O) groups is 1. The molecule has 1 aliphatic heterocycles. The van der Waals surface area contributed by atoms with E-state index in [4.69, 9.17) is 10.5 Å². The van der Waals surface area contributed by atoms with E-state index in [0.717, 1.165) is 25.2 Å². The Kier molecular flexibility index (Phi) is 3.79. The van der Waals surface area contributed by atoms with Crippen molar-refractivity contribution in [3.05, 3.63) is 29.8 Å². The van der Waals surface area contributed by atoms with Gasteiger partial charge in [0, 0.05) is 24.3 Å². The van der Waals surface area contributed by atoms with Gasteiger partial charge in [-0.15, -0.1) is 0 Å². The Morgan fingerprint density at radius 1 is 1.57 bits per heavy atom. The standard InChI is InChI=1S/C15H20N4O2/c1-21-15(20)14-12-8-10(16)5-7-19(12)13(18-14)9-11-4-2-3-6-17-11/h5,7-8,11,17H,2-4,6,9,16H2,1H3. The van der Waals surface area contributed by atoms with E-state index in [1.807, 2.05) is 16.7 Å². The zero-order chi connectivity index (χ0) is 14.8. The number of methoxy groups -OCH3 is 1. The van der Waals surface area contributed by atoms with Gasteiger partial charge in [0.05, 0.1) is 12.6 Å².